The van der Waals surface area contributed by atoms with Crippen molar-refractivity contribution in [2.45, 2.75) is 45.2 Å². The zero-order valence-corrected chi connectivity index (χ0v) is 17.7. The van der Waals surface area contributed by atoms with Crippen molar-refractivity contribution in [2.24, 2.45) is 5.92 Å². The van der Waals surface area contributed by atoms with Crippen molar-refractivity contribution in [3.05, 3.63) is 42.5 Å². The van der Waals surface area contributed by atoms with Crippen LogP contribution in [0.25, 0.3) is 10.8 Å². The summed E-state index contributed by atoms with van der Waals surface area (Å²) in [4.78, 5) is 46.5. The first-order chi connectivity index (χ1) is 14.8. The average molecular weight is 428 g/mol. The van der Waals surface area contributed by atoms with Gasteiger partial charge in [-0.05, 0) is 23.8 Å². The Morgan fingerprint density at radius 2 is 1.77 bits per heavy atom. The summed E-state index contributed by atoms with van der Waals surface area (Å²) in [5.41, 5.74) is 0. The molecule has 0 fully saturated rings. The lowest BCUT2D eigenvalue weighted by atomic mass is 10.0. The fourth-order valence-electron chi connectivity index (χ4n) is 3.11. The van der Waals surface area contributed by atoms with Gasteiger partial charge in [-0.25, -0.2) is 0 Å². The standard InChI is InChI=1S/C23H28N2O6/c1-15(2)22(23(30)24-17(14-26)13-21(28)29)25-20(27)11-6-12-31-19-10-5-8-16-7-3-4-9-18(16)19/h3-5,7-10,14-15,17,22H,6,11-13H2,1-2H3,(H,24,30)(H,25,27)(H,28,29). The first-order valence-corrected chi connectivity index (χ1v) is 10.2. The lowest BCUT2D eigenvalue weighted by molar-refractivity contribution is -0.139. The molecule has 0 saturated carbocycles. The summed E-state index contributed by atoms with van der Waals surface area (Å²) in [7, 11) is 0. The topological polar surface area (TPSA) is 122 Å². The molecule has 2 unspecified atom stereocenters. The van der Waals surface area contributed by atoms with Crippen molar-refractivity contribution in [3.63, 3.8) is 0 Å². The van der Waals surface area contributed by atoms with E-state index in [9.17, 15) is 19.2 Å². The fraction of sp³-hybridized carbons (Fsp3) is 0.391. The number of hydrogen-bond acceptors (Lipinski definition) is 5. The smallest absolute Gasteiger partial charge is 0.305 e. The van der Waals surface area contributed by atoms with Gasteiger partial charge in [0.1, 0.15) is 18.1 Å². The molecule has 166 valence electrons. The molecule has 3 N–H and O–H groups in total. The monoisotopic (exact) mass is 428 g/mol. The van der Waals surface area contributed by atoms with E-state index >= 15 is 0 Å². The Kier molecular flexibility index (Phi) is 8.99. The van der Waals surface area contributed by atoms with Crippen molar-refractivity contribution in [1.29, 1.82) is 0 Å². The molecule has 0 radical (unpaired) electrons. The summed E-state index contributed by atoms with van der Waals surface area (Å²) < 4.78 is 5.82. The molecule has 0 aliphatic carbocycles. The molecule has 0 aliphatic rings. The number of aliphatic carboxylic acids is 1. The Morgan fingerprint density at radius 1 is 1.06 bits per heavy atom. The predicted molar refractivity (Wildman–Crippen MR) is 116 cm³/mol. The number of rotatable bonds is 12. The van der Waals surface area contributed by atoms with Crippen LogP contribution in [0.4, 0.5) is 0 Å². The van der Waals surface area contributed by atoms with Crippen LogP contribution in [0, 0.1) is 5.92 Å². The van der Waals surface area contributed by atoms with Crippen LogP contribution in [-0.2, 0) is 19.2 Å². The van der Waals surface area contributed by atoms with Gasteiger partial charge in [-0.15, -0.1) is 0 Å². The minimum Gasteiger partial charge on any atom is -0.493 e. The van der Waals surface area contributed by atoms with E-state index in [1.165, 1.54) is 0 Å². The maximum atomic E-state index is 12.4. The molecule has 2 atom stereocenters. The van der Waals surface area contributed by atoms with E-state index in [1.807, 2.05) is 42.5 Å². The Morgan fingerprint density at radius 3 is 2.45 bits per heavy atom. The first kappa shape index (κ1) is 23.9. The predicted octanol–water partition coefficient (Wildman–Crippen LogP) is 2.30. The molecule has 2 aromatic rings. The number of carbonyl (C=O) groups is 4. The molecule has 8 nitrogen and oxygen atoms in total. The molecule has 31 heavy (non-hydrogen) atoms. The van der Waals surface area contributed by atoms with Crippen molar-refractivity contribution in [2.75, 3.05) is 6.61 Å². The Hall–Kier alpha value is -3.42. The second-order valence-electron chi connectivity index (χ2n) is 7.57. The summed E-state index contributed by atoms with van der Waals surface area (Å²) in [6.07, 6.45) is 0.473. The van der Waals surface area contributed by atoms with E-state index in [-0.39, 0.29) is 18.2 Å². The van der Waals surface area contributed by atoms with E-state index < -0.39 is 30.4 Å². The molecular weight excluding hydrogens is 400 g/mol. The summed E-state index contributed by atoms with van der Waals surface area (Å²) in [6.45, 7) is 3.84. The van der Waals surface area contributed by atoms with Crippen LogP contribution >= 0.6 is 0 Å². The lowest BCUT2D eigenvalue weighted by Gasteiger charge is -2.23. The minimum atomic E-state index is -1.20. The number of benzene rings is 2. The average Bonchev–Trinajstić information content (AvgIpc) is 2.74. The maximum absolute atomic E-state index is 12.4. The molecule has 0 saturated heterocycles. The van der Waals surface area contributed by atoms with Gasteiger partial charge in [0.25, 0.3) is 0 Å². The third kappa shape index (κ3) is 7.40. The van der Waals surface area contributed by atoms with Crippen molar-refractivity contribution < 1.29 is 29.0 Å². The van der Waals surface area contributed by atoms with Gasteiger partial charge in [0.2, 0.25) is 11.8 Å². The third-order valence-electron chi connectivity index (χ3n) is 4.71. The van der Waals surface area contributed by atoms with Crippen LogP contribution in [0.5, 0.6) is 5.75 Å². The van der Waals surface area contributed by atoms with Gasteiger partial charge in [-0.3, -0.25) is 14.4 Å². The molecule has 2 rings (SSSR count). The quantitative estimate of drug-likeness (QED) is 0.352. The highest BCUT2D eigenvalue weighted by Gasteiger charge is 2.26. The van der Waals surface area contributed by atoms with Crippen LogP contribution < -0.4 is 15.4 Å². The van der Waals surface area contributed by atoms with E-state index in [2.05, 4.69) is 10.6 Å². The van der Waals surface area contributed by atoms with Gasteiger partial charge in [0.15, 0.2) is 0 Å². The second-order valence-corrected chi connectivity index (χ2v) is 7.57. The Bertz CT molecular complexity index is 922. The van der Waals surface area contributed by atoms with Gasteiger partial charge in [-0.2, -0.15) is 0 Å². The molecule has 0 aromatic heterocycles. The van der Waals surface area contributed by atoms with Crippen LogP contribution in [0.3, 0.4) is 0 Å². The zero-order valence-electron chi connectivity index (χ0n) is 17.7. The molecule has 0 bridgehead atoms. The number of hydrogen-bond donors (Lipinski definition) is 3. The molecule has 0 aliphatic heterocycles. The molecule has 2 aromatic carbocycles. The van der Waals surface area contributed by atoms with Gasteiger partial charge < -0.3 is 25.3 Å². The largest absolute Gasteiger partial charge is 0.493 e. The number of amides is 2. The molecule has 0 heterocycles. The van der Waals surface area contributed by atoms with Gasteiger partial charge in [0.05, 0.1) is 19.1 Å². The van der Waals surface area contributed by atoms with E-state index in [0.29, 0.717) is 19.3 Å². The maximum Gasteiger partial charge on any atom is 0.305 e. The summed E-state index contributed by atoms with van der Waals surface area (Å²) in [5, 5.41) is 15.9. The second kappa shape index (κ2) is 11.7. The third-order valence-corrected chi connectivity index (χ3v) is 4.71. The number of carboxylic acids is 1. The van der Waals surface area contributed by atoms with E-state index in [4.69, 9.17) is 9.84 Å². The number of carboxylic acid groups (broad SMARTS) is 1. The summed E-state index contributed by atoms with van der Waals surface area (Å²) >= 11 is 0. The van der Waals surface area contributed by atoms with Crippen LogP contribution in [-0.4, -0.2) is 47.9 Å². The van der Waals surface area contributed by atoms with Crippen LogP contribution in [0.15, 0.2) is 42.5 Å². The van der Waals surface area contributed by atoms with Crippen LogP contribution in [0.1, 0.15) is 33.1 Å². The number of carbonyl (C=O) groups excluding carboxylic acids is 3. The van der Waals surface area contributed by atoms with Crippen molar-refractivity contribution in [1.82, 2.24) is 10.6 Å². The molecule has 2 amide bonds. The molecule has 8 heteroatoms. The SMILES string of the molecule is CC(C)C(NC(=O)CCCOc1cccc2ccccc12)C(=O)NC(C=O)CC(=O)O. The number of fused-ring (bicyclic) bond motifs is 1. The number of aldehydes is 1. The van der Waals surface area contributed by atoms with Crippen molar-refractivity contribution >= 4 is 34.8 Å². The van der Waals surface area contributed by atoms with E-state index in [1.54, 1.807) is 13.8 Å². The highest BCUT2D eigenvalue weighted by atomic mass is 16.5. The highest BCUT2D eigenvalue weighted by Crippen LogP contribution is 2.25. The normalized spacial score (nSPS) is 12.7. The Labute approximate surface area is 181 Å². The number of nitrogens with one attached hydrogen (secondary N) is 2. The van der Waals surface area contributed by atoms with Gasteiger partial charge in [0, 0.05) is 11.8 Å². The Balaban J connectivity index is 1.84. The summed E-state index contributed by atoms with van der Waals surface area (Å²) in [6, 6.07) is 11.6. The molecule has 0 spiro atoms. The summed E-state index contributed by atoms with van der Waals surface area (Å²) in [5.74, 6) is -1.61. The minimum absolute atomic E-state index is 0.160. The van der Waals surface area contributed by atoms with E-state index in [0.717, 1.165) is 16.5 Å². The zero-order chi connectivity index (χ0) is 22.8. The lowest BCUT2D eigenvalue weighted by Crippen LogP contribution is -2.52. The number of ether oxygens (including phenoxy) is 1. The highest BCUT2D eigenvalue weighted by molar-refractivity contribution is 5.90. The van der Waals surface area contributed by atoms with Gasteiger partial charge >= 0.3 is 5.97 Å². The fourth-order valence-corrected chi connectivity index (χ4v) is 3.11. The molecular formula is C23H28N2O6. The van der Waals surface area contributed by atoms with Crippen molar-refractivity contribution in [3.8, 4) is 5.75 Å². The van der Waals surface area contributed by atoms with Crippen LogP contribution in [0.2, 0.25) is 0 Å². The first-order valence-electron chi connectivity index (χ1n) is 10.2. The van der Waals surface area contributed by atoms with Gasteiger partial charge in [-0.1, -0.05) is 50.2 Å².